The molecule has 1 aliphatic rings. The van der Waals surface area contributed by atoms with Gasteiger partial charge in [0, 0.05) is 18.8 Å². The van der Waals surface area contributed by atoms with Gasteiger partial charge in [-0.05, 0) is 55.0 Å². The molecule has 1 N–H and O–H groups in total. The first-order valence-corrected chi connectivity index (χ1v) is 12.7. The van der Waals surface area contributed by atoms with E-state index in [2.05, 4.69) is 22.3 Å². The SMILES string of the molecule is CC(C)c1ccccc1N(CC(=O)NC(C)c1ccc(N2CCCC2)cc1)S(C)(=O)=O. The van der Waals surface area contributed by atoms with E-state index in [1.54, 1.807) is 12.1 Å². The third kappa shape index (κ3) is 5.79. The Morgan fingerprint density at radius 2 is 1.65 bits per heavy atom. The van der Waals surface area contributed by atoms with Crippen LogP contribution in [-0.4, -0.2) is 40.2 Å². The first-order chi connectivity index (χ1) is 14.7. The Balaban J connectivity index is 1.71. The Labute approximate surface area is 186 Å². The van der Waals surface area contributed by atoms with Gasteiger partial charge >= 0.3 is 0 Å². The summed E-state index contributed by atoms with van der Waals surface area (Å²) in [5, 5.41) is 2.95. The fourth-order valence-electron chi connectivity index (χ4n) is 4.03. The third-order valence-electron chi connectivity index (χ3n) is 5.76. The molecule has 1 aliphatic heterocycles. The monoisotopic (exact) mass is 443 g/mol. The van der Waals surface area contributed by atoms with E-state index < -0.39 is 10.0 Å². The molecular formula is C24H33N3O3S. The largest absolute Gasteiger partial charge is 0.372 e. The molecule has 0 aliphatic carbocycles. The topological polar surface area (TPSA) is 69.7 Å². The average molecular weight is 444 g/mol. The summed E-state index contributed by atoms with van der Waals surface area (Å²) in [7, 11) is -3.62. The number of hydrogen-bond donors (Lipinski definition) is 1. The average Bonchev–Trinajstić information content (AvgIpc) is 3.26. The number of nitrogens with one attached hydrogen (secondary N) is 1. The van der Waals surface area contributed by atoms with Gasteiger partial charge in [0.1, 0.15) is 6.54 Å². The van der Waals surface area contributed by atoms with Crippen LogP contribution >= 0.6 is 0 Å². The zero-order valence-electron chi connectivity index (χ0n) is 18.8. The Kier molecular flexibility index (Phi) is 7.26. The summed E-state index contributed by atoms with van der Waals surface area (Å²) in [6.07, 6.45) is 3.59. The zero-order valence-corrected chi connectivity index (χ0v) is 19.7. The highest BCUT2D eigenvalue weighted by molar-refractivity contribution is 7.92. The van der Waals surface area contributed by atoms with Crippen LogP contribution in [0.4, 0.5) is 11.4 Å². The molecule has 7 heteroatoms. The summed E-state index contributed by atoms with van der Waals surface area (Å²) >= 11 is 0. The first-order valence-electron chi connectivity index (χ1n) is 10.9. The van der Waals surface area contributed by atoms with Gasteiger partial charge in [-0.1, -0.05) is 44.2 Å². The van der Waals surface area contributed by atoms with Crippen molar-refractivity contribution in [2.75, 3.05) is 35.1 Å². The quantitative estimate of drug-likeness (QED) is 0.668. The van der Waals surface area contributed by atoms with Crippen LogP contribution in [0.15, 0.2) is 48.5 Å². The van der Waals surface area contributed by atoms with E-state index in [1.165, 1.54) is 22.8 Å². The summed E-state index contributed by atoms with van der Waals surface area (Å²) in [6.45, 7) is 7.85. The normalized spacial score (nSPS) is 15.2. The van der Waals surface area contributed by atoms with Gasteiger partial charge in [0.05, 0.1) is 18.0 Å². The number of rotatable bonds is 8. The molecule has 1 saturated heterocycles. The molecule has 1 amide bonds. The number of anilines is 2. The molecule has 1 unspecified atom stereocenters. The summed E-state index contributed by atoms with van der Waals surface area (Å²) < 4.78 is 26.2. The highest BCUT2D eigenvalue weighted by Gasteiger charge is 2.24. The van der Waals surface area contributed by atoms with Crippen LogP contribution < -0.4 is 14.5 Å². The van der Waals surface area contributed by atoms with Crippen molar-refractivity contribution in [2.24, 2.45) is 0 Å². The van der Waals surface area contributed by atoms with E-state index in [-0.39, 0.29) is 24.4 Å². The van der Waals surface area contributed by atoms with Crippen molar-refractivity contribution in [2.45, 2.75) is 45.6 Å². The van der Waals surface area contributed by atoms with Gasteiger partial charge in [0.15, 0.2) is 0 Å². The second-order valence-electron chi connectivity index (χ2n) is 8.56. The molecule has 3 rings (SSSR count). The molecular weight excluding hydrogens is 410 g/mol. The van der Waals surface area contributed by atoms with Crippen LogP contribution in [0.1, 0.15) is 56.7 Å². The van der Waals surface area contributed by atoms with Crippen molar-refractivity contribution in [3.63, 3.8) is 0 Å². The predicted molar refractivity (Wildman–Crippen MR) is 127 cm³/mol. The second kappa shape index (κ2) is 9.73. The standard InChI is InChI=1S/C24H33N3O3S/c1-18(2)22-9-5-6-10-23(22)27(31(4,29)30)17-24(28)25-19(3)20-11-13-21(14-12-20)26-15-7-8-16-26/h5-6,9-14,18-19H,7-8,15-17H2,1-4H3,(H,25,28). The van der Waals surface area contributed by atoms with Crippen molar-refractivity contribution < 1.29 is 13.2 Å². The van der Waals surface area contributed by atoms with Crippen LogP contribution in [-0.2, 0) is 14.8 Å². The van der Waals surface area contributed by atoms with Crippen molar-refractivity contribution in [1.82, 2.24) is 5.32 Å². The minimum atomic E-state index is -3.62. The van der Waals surface area contributed by atoms with E-state index in [0.717, 1.165) is 30.5 Å². The van der Waals surface area contributed by atoms with Crippen molar-refractivity contribution in [3.05, 3.63) is 59.7 Å². The highest BCUT2D eigenvalue weighted by atomic mass is 32.2. The van der Waals surface area contributed by atoms with E-state index >= 15 is 0 Å². The Bertz CT molecular complexity index is 997. The fraction of sp³-hybridized carbons (Fsp3) is 0.458. The zero-order chi connectivity index (χ0) is 22.6. The maximum absolute atomic E-state index is 12.8. The van der Waals surface area contributed by atoms with Gasteiger partial charge in [0.25, 0.3) is 0 Å². The van der Waals surface area contributed by atoms with E-state index in [9.17, 15) is 13.2 Å². The number of para-hydroxylation sites is 1. The Morgan fingerprint density at radius 1 is 1.03 bits per heavy atom. The molecule has 168 valence electrons. The second-order valence-corrected chi connectivity index (χ2v) is 10.5. The lowest BCUT2D eigenvalue weighted by atomic mass is 10.0. The number of hydrogen-bond acceptors (Lipinski definition) is 4. The number of sulfonamides is 1. The van der Waals surface area contributed by atoms with Gasteiger partial charge in [-0.2, -0.15) is 0 Å². The molecule has 6 nitrogen and oxygen atoms in total. The fourth-order valence-corrected chi connectivity index (χ4v) is 4.91. The number of carbonyl (C=O) groups is 1. The minimum Gasteiger partial charge on any atom is -0.372 e. The number of benzene rings is 2. The maximum atomic E-state index is 12.8. The molecule has 2 aromatic carbocycles. The van der Waals surface area contributed by atoms with Gasteiger partial charge in [0.2, 0.25) is 15.9 Å². The van der Waals surface area contributed by atoms with Crippen molar-refractivity contribution >= 4 is 27.3 Å². The lowest BCUT2D eigenvalue weighted by molar-refractivity contribution is -0.120. The molecule has 0 radical (unpaired) electrons. The predicted octanol–water partition coefficient (Wildman–Crippen LogP) is 4.05. The molecule has 2 aromatic rings. The summed E-state index contributed by atoms with van der Waals surface area (Å²) in [4.78, 5) is 15.2. The van der Waals surface area contributed by atoms with E-state index in [4.69, 9.17) is 0 Å². The van der Waals surface area contributed by atoms with Crippen LogP contribution in [0.2, 0.25) is 0 Å². The molecule has 1 fully saturated rings. The van der Waals surface area contributed by atoms with Crippen LogP contribution in [0.3, 0.4) is 0 Å². The van der Waals surface area contributed by atoms with Gasteiger partial charge < -0.3 is 10.2 Å². The van der Waals surface area contributed by atoms with Gasteiger partial charge in [-0.25, -0.2) is 8.42 Å². The van der Waals surface area contributed by atoms with Crippen molar-refractivity contribution in [1.29, 1.82) is 0 Å². The molecule has 0 spiro atoms. The van der Waals surface area contributed by atoms with E-state index in [1.807, 2.05) is 45.0 Å². The van der Waals surface area contributed by atoms with Crippen LogP contribution in [0.25, 0.3) is 0 Å². The van der Waals surface area contributed by atoms with Crippen molar-refractivity contribution in [3.8, 4) is 0 Å². The Morgan fingerprint density at radius 3 is 2.23 bits per heavy atom. The maximum Gasteiger partial charge on any atom is 0.241 e. The Hall–Kier alpha value is -2.54. The number of carbonyl (C=O) groups excluding carboxylic acids is 1. The molecule has 0 bridgehead atoms. The van der Waals surface area contributed by atoms with Gasteiger partial charge in [-0.15, -0.1) is 0 Å². The number of nitrogens with zero attached hydrogens (tertiary/aromatic N) is 2. The van der Waals surface area contributed by atoms with Crippen LogP contribution in [0.5, 0.6) is 0 Å². The molecule has 1 atom stereocenters. The summed E-state index contributed by atoms with van der Waals surface area (Å²) in [6, 6.07) is 15.3. The van der Waals surface area contributed by atoms with Crippen LogP contribution in [0, 0.1) is 0 Å². The molecule has 1 heterocycles. The van der Waals surface area contributed by atoms with Gasteiger partial charge in [-0.3, -0.25) is 9.10 Å². The summed E-state index contributed by atoms with van der Waals surface area (Å²) in [5.74, 6) is -0.198. The summed E-state index contributed by atoms with van der Waals surface area (Å²) in [5.41, 5.74) is 3.64. The first kappa shape index (κ1) is 23.1. The third-order valence-corrected chi connectivity index (χ3v) is 6.88. The smallest absolute Gasteiger partial charge is 0.241 e. The molecule has 31 heavy (non-hydrogen) atoms. The van der Waals surface area contributed by atoms with E-state index in [0.29, 0.717) is 5.69 Å². The minimum absolute atomic E-state index is 0.136. The lowest BCUT2D eigenvalue weighted by Crippen LogP contribution is -2.41. The highest BCUT2D eigenvalue weighted by Crippen LogP contribution is 2.29. The number of amides is 1. The molecule has 0 saturated carbocycles. The molecule has 0 aromatic heterocycles. The lowest BCUT2D eigenvalue weighted by Gasteiger charge is -2.26.